The second-order valence-electron chi connectivity index (χ2n) is 10.1. The van der Waals surface area contributed by atoms with Crippen LogP contribution in [0.1, 0.15) is 65.7 Å². The Balaban J connectivity index is 0.000000587. The maximum atomic E-state index is 12.9. The predicted molar refractivity (Wildman–Crippen MR) is 148 cm³/mol. The molecule has 0 bridgehead atoms. The number of anilines is 1. The minimum Gasteiger partial charge on any atom is -0.475 e. The Labute approximate surface area is 241 Å². The molecule has 8 nitrogen and oxygen atoms in total. The molecule has 1 aliphatic heterocycles. The van der Waals surface area contributed by atoms with Gasteiger partial charge in [0, 0.05) is 36.8 Å². The smallest absolute Gasteiger partial charge is 0.475 e. The van der Waals surface area contributed by atoms with E-state index in [4.69, 9.17) is 21.5 Å². The van der Waals surface area contributed by atoms with Crippen LogP contribution in [-0.4, -0.2) is 59.5 Å². The van der Waals surface area contributed by atoms with Crippen molar-refractivity contribution in [1.82, 2.24) is 10.2 Å². The first kappa shape index (κ1) is 31.9. The van der Waals surface area contributed by atoms with Crippen molar-refractivity contribution in [3.05, 3.63) is 64.7 Å². The summed E-state index contributed by atoms with van der Waals surface area (Å²) < 4.78 is 31.7. The fraction of sp³-hybridized carbons (Fsp3) is 0.448. The standard InChI is InChI=1S/C27H32ClN3O3.C2HF3O2/c28-24-9-5-4-8-23(24)26(33)30-22-12-10-21(11-13-22)27(34)31-16-14-20(15-17-31)25(32)29-18-19-6-2-1-3-7-19;3-2(4,5)1(6)7/h4-5,8-13,19-20H,1-3,6-7,14-18H2,(H,29,32)(H,30,33);(H,6,7). The molecule has 0 atom stereocenters. The Hall–Kier alpha value is -3.60. The lowest BCUT2D eigenvalue weighted by atomic mass is 9.89. The van der Waals surface area contributed by atoms with E-state index in [1.807, 2.05) is 4.90 Å². The summed E-state index contributed by atoms with van der Waals surface area (Å²) in [5.74, 6) is -2.37. The Morgan fingerprint density at radius 1 is 0.902 bits per heavy atom. The highest BCUT2D eigenvalue weighted by molar-refractivity contribution is 6.34. The first-order chi connectivity index (χ1) is 19.5. The van der Waals surface area contributed by atoms with E-state index >= 15 is 0 Å². The third-order valence-electron chi connectivity index (χ3n) is 7.19. The molecular formula is C29H33ClF3N3O5. The number of carboxylic acids is 1. The van der Waals surface area contributed by atoms with Crippen LogP contribution in [0, 0.1) is 11.8 Å². The summed E-state index contributed by atoms with van der Waals surface area (Å²) in [6, 6.07) is 13.7. The van der Waals surface area contributed by atoms with E-state index in [2.05, 4.69) is 10.6 Å². The molecule has 12 heteroatoms. The van der Waals surface area contributed by atoms with E-state index < -0.39 is 12.1 Å². The molecular weight excluding hydrogens is 563 g/mol. The quantitative estimate of drug-likeness (QED) is 0.392. The summed E-state index contributed by atoms with van der Waals surface area (Å²) in [5.41, 5.74) is 1.56. The average molecular weight is 596 g/mol. The van der Waals surface area contributed by atoms with Crippen molar-refractivity contribution >= 4 is 41.0 Å². The topological polar surface area (TPSA) is 116 Å². The number of alkyl halides is 3. The van der Waals surface area contributed by atoms with Crippen molar-refractivity contribution < 1.29 is 37.5 Å². The third kappa shape index (κ3) is 9.77. The third-order valence-corrected chi connectivity index (χ3v) is 7.52. The van der Waals surface area contributed by atoms with E-state index in [0.717, 1.165) is 6.54 Å². The highest BCUT2D eigenvalue weighted by Gasteiger charge is 2.38. The number of hydrogen-bond donors (Lipinski definition) is 3. The molecule has 0 aromatic heterocycles. The summed E-state index contributed by atoms with van der Waals surface area (Å²) in [6.07, 6.45) is 2.59. The Bertz CT molecular complexity index is 1210. The molecule has 3 N–H and O–H groups in total. The molecule has 1 aliphatic carbocycles. The molecule has 2 aliphatic rings. The SMILES string of the molecule is O=C(Nc1ccc(C(=O)N2CCC(C(=O)NCC3CCCCC3)CC2)cc1)c1ccccc1Cl.O=C(O)C(F)(F)F. The maximum absolute atomic E-state index is 12.9. The highest BCUT2D eigenvalue weighted by atomic mass is 35.5. The van der Waals surface area contributed by atoms with Gasteiger partial charge in [-0.3, -0.25) is 14.4 Å². The van der Waals surface area contributed by atoms with Crippen LogP contribution in [0.4, 0.5) is 18.9 Å². The number of piperidine rings is 1. The van der Waals surface area contributed by atoms with Gasteiger partial charge in [0.2, 0.25) is 5.91 Å². The van der Waals surface area contributed by atoms with Gasteiger partial charge in [-0.2, -0.15) is 13.2 Å². The molecule has 1 saturated carbocycles. The lowest BCUT2D eigenvalue weighted by molar-refractivity contribution is -0.192. The number of carbonyl (C=O) groups excluding carboxylic acids is 3. The van der Waals surface area contributed by atoms with Crippen LogP contribution < -0.4 is 10.6 Å². The minimum atomic E-state index is -5.08. The van der Waals surface area contributed by atoms with E-state index in [9.17, 15) is 27.6 Å². The van der Waals surface area contributed by atoms with Gasteiger partial charge in [-0.25, -0.2) is 4.79 Å². The van der Waals surface area contributed by atoms with Gasteiger partial charge in [0.05, 0.1) is 10.6 Å². The van der Waals surface area contributed by atoms with Crippen LogP contribution in [0.3, 0.4) is 0 Å². The highest BCUT2D eigenvalue weighted by Crippen LogP contribution is 2.24. The largest absolute Gasteiger partial charge is 0.490 e. The summed E-state index contributed by atoms with van der Waals surface area (Å²) in [6.45, 7) is 1.94. The molecule has 0 unspecified atom stereocenters. The number of carboxylic acid groups (broad SMARTS) is 1. The number of amides is 3. The van der Waals surface area contributed by atoms with Crippen molar-refractivity contribution in [2.45, 2.75) is 51.1 Å². The normalized spacial score (nSPS) is 16.2. The molecule has 2 aromatic rings. The number of halogens is 4. The second-order valence-corrected chi connectivity index (χ2v) is 10.5. The van der Waals surface area contributed by atoms with Crippen LogP contribution in [0.15, 0.2) is 48.5 Å². The summed E-state index contributed by atoms with van der Waals surface area (Å²) in [7, 11) is 0. The molecule has 0 radical (unpaired) electrons. The number of benzene rings is 2. The van der Waals surface area contributed by atoms with Crippen LogP contribution in [-0.2, 0) is 9.59 Å². The van der Waals surface area contributed by atoms with Gasteiger partial charge >= 0.3 is 12.1 Å². The Morgan fingerprint density at radius 2 is 1.49 bits per heavy atom. The zero-order valence-corrected chi connectivity index (χ0v) is 23.1. The van der Waals surface area contributed by atoms with Gasteiger partial charge in [0.15, 0.2) is 0 Å². The predicted octanol–water partition coefficient (Wildman–Crippen LogP) is 5.77. The molecule has 1 heterocycles. The number of likely N-dealkylation sites (tertiary alicyclic amines) is 1. The number of nitrogens with one attached hydrogen (secondary N) is 2. The molecule has 3 amide bonds. The number of nitrogens with zero attached hydrogens (tertiary/aromatic N) is 1. The Morgan fingerprint density at radius 3 is 2.05 bits per heavy atom. The van der Waals surface area contributed by atoms with Crippen molar-refractivity contribution in [2.75, 3.05) is 25.0 Å². The van der Waals surface area contributed by atoms with Crippen molar-refractivity contribution in [1.29, 1.82) is 0 Å². The monoisotopic (exact) mass is 595 g/mol. The molecule has 2 aromatic carbocycles. The molecule has 1 saturated heterocycles. The molecule has 222 valence electrons. The van der Waals surface area contributed by atoms with Gasteiger partial charge in [0.1, 0.15) is 0 Å². The average Bonchev–Trinajstić information content (AvgIpc) is 2.96. The Kier molecular flexibility index (Phi) is 11.6. The molecule has 4 rings (SSSR count). The minimum absolute atomic E-state index is 0.0185. The van der Waals surface area contributed by atoms with Crippen LogP contribution in [0.2, 0.25) is 5.02 Å². The fourth-order valence-corrected chi connectivity index (χ4v) is 5.07. The van der Waals surface area contributed by atoms with Gasteiger partial charge in [-0.15, -0.1) is 0 Å². The number of hydrogen-bond acceptors (Lipinski definition) is 4. The van der Waals surface area contributed by atoms with E-state index in [1.165, 1.54) is 32.1 Å². The first-order valence-corrected chi connectivity index (χ1v) is 13.9. The van der Waals surface area contributed by atoms with E-state index in [1.54, 1.807) is 48.5 Å². The van der Waals surface area contributed by atoms with Crippen LogP contribution >= 0.6 is 11.6 Å². The summed E-state index contributed by atoms with van der Waals surface area (Å²) >= 11 is 6.08. The second kappa shape index (κ2) is 14.9. The van der Waals surface area contributed by atoms with Gasteiger partial charge in [0.25, 0.3) is 11.8 Å². The van der Waals surface area contributed by atoms with Crippen LogP contribution in [0.25, 0.3) is 0 Å². The van der Waals surface area contributed by atoms with E-state index in [-0.39, 0.29) is 23.6 Å². The lowest BCUT2D eigenvalue weighted by Crippen LogP contribution is -2.43. The molecule has 2 fully saturated rings. The maximum Gasteiger partial charge on any atom is 0.490 e. The zero-order chi connectivity index (χ0) is 30.0. The van der Waals surface area contributed by atoms with E-state index in [0.29, 0.717) is 53.7 Å². The van der Waals surface area contributed by atoms with Crippen LogP contribution in [0.5, 0.6) is 0 Å². The first-order valence-electron chi connectivity index (χ1n) is 13.5. The molecule has 0 spiro atoms. The summed E-state index contributed by atoms with van der Waals surface area (Å²) in [5, 5.41) is 13.5. The number of carbonyl (C=O) groups is 4. The van der Waals surface area contributed by atoms with Gasteiger partial charge in [-0.05, 0) is 68.0 Å². The van der Waals surface area contributed by atoms with Crippen molar-refractivity contribution in [3.8, 4) is 0 Å². The molecule has 41 heavy (non-hydrogen) atoms. The van der Waals surface area contributed by atoms with Crippen molar-refractivity contribution in [2.24, 2.45) is 11.8 Å². The lowest BCUT2D eigenvalue weighted by Gasteiger charge is -2.32. The zero-order valence-electron chi connectivity index (χ0n) is 22.4. The van der Waals surface area contributed by atoms with Crippen molar-refractivity contribution in [3.63, 3.8) is 0 Å². The fourth-order valence-electron chi connectivity index (χ4n) is 4.85. The number of aliphatic carboxylic acids is 1. The number of rotatable bonds is 6. The van der Waals surface area contributed by atoms with Gasteiger partial charge in [-0.1, -0.05) is 43.0 Å². The van der Waals surface area contributed by atoms with Gasteiger partial charge < -0.3 is 20.6 Å². The summed E-state index contributed by atoms with van der Waals surface area (Å²) in [4.78, 5) is 48.6.